The summed E-state index contributed by atoms with van der Waals surface area (Å²) in [6, 6.07) is 7.40. The van der Waals surface area contributed by atoms with E-state index in [0.29, 0.717) is 11.3 Å². The minimum Gasteiger partial charge on any atom is -0.481 e. The number of amides is 1. The Morgan fingerprint density at radius 3 is 2.48 bits per heavy atom. The molecule has 4 rings (SSSR count). The van der Waals surface area contributed by atoms with Gasteiger partial charge in [-0.05, 0) is 56.0 Å². The van der Waals surface area contributed by atoms with Gasteiger partial charge in [0.1, 0.15) is 0 Å². The molecular formula is C27H28Cl2F3N5O3. The number of aryl methyl sites for hydroxylation is 1. The number of carbonyl (C=O) groups is 2. The number of benzene rings is 1. The van der Waals surface area contributed by atoms with Crippen LogP contribution in [0.25, 0.3) is 5.82 Å². The van der Waals surface area contributed by atoms with E-state index in [-0.39, 0.29) is 35.8 Å². The molecule has 2 aromatic heterocycles. The lowest BCUT2D eigenvalue weighted by atomic mass is 9.81. The number of carboxylic acid groups (broad SMARTS) is 1. The summed E-state index contributed by atoms with van der Waals surface area (Å²) in [7, 11) is 0. The van der Waals surface area contributed by atoms with E-state index in [1.165, 1.54) is 4.68 Å². The van der Waals surface area contributed by atoms with Crippen LogP contribution in [0.3, 0.4) is 0 Å². The largest absolute Gasteiger partial charge is 0.481 e. The first kappa shape index (κ1) is 29.7. The fourth-order valence-electron chi connectivity index (χ4n) is 4.88. The van der Waals surface area contributed by atoms with Gasteiger partial charge in [0, 0.05) is 47.5 Å². The van der Waals surface area contributed by atoms with Gasteiger partial charge in [-0.3, -0.25) is 14.0 Å². The van der Waals surface area contributed by atoms with Crippen molar-refractivity contribution in [3.8, 4) is 5.82 Å². The Morgan fingerprint density at radius 2 is 1.88 bits per heavy atom. The number of nitrogens with zero attached hydrogens (tertiary/aromatic N) is 4. The number of hydrogen-bond donors (Lipinski definition) is 2. The van der Waals surface area contributed by atoms with Crippen LogP contribution >= 0.6 is 23.4 Å². The highest BCUT2D eigenvalue weighted by Gasteiger charge is 2.32. The van der Waals surface area contributed by atoms with E-state index in [2.05, 4.69) is 15.4 Å². The summed E-state index contributed by atoms with van der Waals surface area (Å²) in [6.07, 6.45) is 2.95. The van der Waals surface area contributed by atoms with Crippen molar-refractivity contribution in [2.45, 2.75) is 57.7 Å². The molecule has 1 aliphatic carbocycles. The molecule has 1 saturated carbocycles. The number of anilines is 1. The van der Waals surface area contributed by atoms with E-state index >= 15 is 0 Å². The molecule has 1 amide bonds. The van der Waals surface area contributed by atoms with Gasteiger partial charge in [-0.2, -0.15) is 18.3 Å². The number of carbonyl (C=O) groups excluding carboxylic acids is 1. The molecule has 1 unspecified atom stereocenters. The fraction of sp³-hybridized carbons (Fsp3) is 0.407. The average molecular weight is 598 g/mol. The average Bonchev–Trinajstić information content (AvgIpc) is 3.30. The molecule has 0 aliphatic heterocycles. The number of rotatable bonds is 9. The molecule has 0 spiro atoms. The van der Waals surface area contributed by atoms with Crippen LogP contribution < -0.4 is 5.32 Å². The second-order valence-electron chi connectivity index (χ2n) is 9.77. The third-order valence-corrected chi connectivity index (χ3v) is 7.56. The summed E-state index contributed by atoms with van der Waals surface area (Å²) in [6.45, 7) is 1.70. The number of hydrogen-bond acceptors (Lipinski definition) is 5. The molecule has 0 radical (unpaired) electrons. The molecule has 0 saturated heterocycles. The maximum Gasteiger partial charge on any atom is 0.417 e. The lowest BCUT2D eigenvalue weighted by Gasteiger charge is -2.31. The number of nitrogens with one attached hydrogen (secondary N) is 1. The molecule has 3 aromatic rings. The third kappa shape index (κ3) is 7.06. The molecule has 1 aliphatic rings. The Bertz CT molecular complexity index is 1360. The Morgan fingerprint density at radius 1 is 1.20 bits per heavy atom. The van der Waals surface area contributed by atoms with Crippen LogP contribution in [0, 0.1) is 12.8 Å². The first-order valence-corrected chi connectivity index (χ1v) is 13.5. The van der Waals surface area contributed by atoms with Crippen molar-refractivity contribution < 1.29 is 27.9 Å². The van der Waals surface area contributed by atoms with Crippen molar-refractivity contribution in [1.29, 1.82) is 0 Å². The van der Waals surface area contributed by atoms with Crippen molar-refractivity contribution in [1.82, 2.24) is 19.2 Å². The normalized spacial score (nSPS) is 15.1. The summed E-state index contributed by atoms with van der Waals surface area (Å²) in [5.74, 6) is -1.18. The van der Waals surface area contributed by atoms with Crippen LogP contribution in [0.15, 0.2) is 42.7 Å². The maximum atomic E-state index is 13.1. The SMILES string of the molecule is Cc1nn(-c2ncc(C(F)(F)F)cc2Cl)cc1C(Nc1ccc(C(=O)N(Cl)CCC(=O)O)cc1)C1CCCCC1. The Balaban J connectivity index is 1.59. The zero-order valence-electron chi connectivity index (χ0n) is 21.6. The number of halogens is 5. The predicted molar refractivity (Wildman–Crippen MR) is 145 cm³/mol. The Kier molecular flexibility index (Phi) is 9.25. The first-order chi connectivity index (χ1) is 18.9. The lowest BCUT2D eigenvalue weighted by Crippen LogP contribution is -2.25. The molecule has 0 bridgehead atoms. The molecule has 2 heterocycles. The van der Waals surface area contributed by atoms with Crippen molar-refractivity contribution >= 4 is 40.9 Å². The molecule has 8 nitrogen and oxygen atoms in total. The second kappa shape index (κ2) is 12.5. The first-order valence-electron chi connectivity index (χ1n) is 12.8. The summed E-state index contributed by atoms with van der Waals surface area (Å²) in [5, 5.41) is 16.7. The van der Waals surface area contributed by atoms with E-state index < -0.39 is 23.6 Å². The maximum absolute atomic E-state index is 13.1. The zero-order chi connectivity index (χ0) is 29.0. The highest BCUT2D eigenvalue weighted by atomic mass is 35.5. The quantitative estimate of drug-likeness (QED) is 0.256. The highest BCUT2D eigenvalue weighted by Crippen LogP contribution is 2.39. The molecular weight excluding hydrogens is 570 g/mol. The van der Waals surface area contributed by atoms with Crippen molar-refractivity contribution in [3.05, 3.63) is 70.1 Å². The minimum atomic E-state index is -4.56. The van der Waals surface area contributed by atoms with Gasteiger partial charge in [0.05, 0.1) is 28.7 Å². The lowest BCUT2D eigenvalue weighted by molar-refractivity contribution is -0.138. The molecule has 214 valence electrons. The highest BCUT2D eigenvalue weighted by molar-refractivity contribution is 6.32. The van der Waals surface area contributed by atoms with Crippen LogP contribution in [-0.4, -0.2) is 42.7 Å². The standard InChI is InChI=1S/C27H28Cl2F3N5O3/c1-16-21(15-37(35-16)25-22(28)13-19(14-33-25)27(30,31)32)24(17-5-3-2-4-6-17)34-20-9-7-18(8-10-20)26(40)36(29)12-11-23(38)39/h7-10,13-15,17,24,34H,2-6,11-12H2,1H3,(H,38,39). The van der Waals surface area contributed by atoms with Gasteiger partial charge in [0.25, 0.3) is 5.91 Å². The van der Waals surface area contributed by atoms with E-state index in [0.717, 1.165) is 60.0 Å². The van der Waals surface area contributed by atoms with E-state index in [1.54, 1.807) is 30.5 Å². The van der Waals surface area contributed by atoms with Crippen molar-refractivity contribution in [3.63, 3.8) is 0 Å². The molecule has 13 heteroatoms. The van der Waals surface area contributed by atoms with Gasteiger partial charge >= 0.3 is 12.1 Å². The Labute approximate surface area is 239 Å². The van der Waals surface area contributed by atoms with Crippen LogP contribution in [0.1, 0.15) is 71.7 Å². The number of pyridine rings is 1. The van der Waals surface area contributed by atoms with Gasteiger partial charge in [0.2, 0.25) is 0 Å². The number of alkyl halides is 3. The van der Waals surface area contributed by atoms with E-state index in [4.69, 9.17) is 28.5 Å². The molecule has 2 N–H and O–H groups in total. The molecule has 40 heavy (non-hydrogen) atoms. The van der Waals surface area contributed by atoms with Crippen LogP contribution in [-0.2, 0) is 11.0 Å². The summed E-state index contributed by atoms with van der Waals surface area (Å²) >= 11 is 12.1. The van der Waals surface area contributed by atoms with Gasteiger partial charge < -0.3 is 10.4 Å². The number of carboxylic acids is 1. The third-order valence-electron chi connectivity index (χ3n) is 6.96. The van der Waals surface area contributed by atoms with Crippen LogP contribution in [0.4, 0.5) is 18.9 Å². The van der Waals surface area contributed by atoms with Gasteiger partial charge in [-0.15, -0.1) is 0 Å². The summed E-state index contributed by atoms with van der Waals surface area (Å²) in [4.78, 5) is 27.2. The van der Waals surface area contributed by atoms with Gasteiger partial charge in [-0.25, -0.2) is 9.67 Å². The van der Waals surface area contributed by atoms with E-state index in [9.17, 15) is 22.8 Å². The molecule has 1 fully saturated rings. The van der Waals surface area contributed by atoms with Gasteiger partial charge in [0.15, 0.2) is 5.82 Å². The van der Waals surface area contributed by atoms with E-state index in [1.807, 2.05) is 6.92 Å². The fourth-order valence-corrected chi connectivity index (χ4v) is 5.32. The smallest absolute Gasteiger partial charge is 0.417 e. The zero-order valence-corrected chi connectivity index (χ0v) is 23.1. The summed E-state index contributed by atoms with van der Waals surface area (Å²) < 4.78 is 41.5. The number of aliphatic carboxylic acids is 1. The monoisotopic (exact) mass is 597 g/mol. The molecule has 1 atom stereocenters. The van der Waals surface area contributed by atoms with Crippen molar-refractivity contribution in [2.75, 3.05) is 11.9 Å². The van der Waals surface area contributed by atoms with Crippen LogP contribution in [0.5, 0.6) is 0 Å². The summed E-state index contributed by atoms with van der Waals surface area (Å²) in [5.41, 5.74) is 1.67. The molecule has 1 aromatic carbocycles. The second-order valence-corrected chi connectivity index (χ2v) is 10.6. The van der Waals surface area contributed by atoms with Crippen molar-refractivity contribution in [2.24, 2.45) is 5.92 Å². The predicted octanol–water partition coefficient (Wildman–Crippen LogP) is 7.05. The van der Waals surface area contributed by atoms with Crippen LogP contribution in [0.2, 0.25) is 5.02 Å². The Hall–Kier alpha value is -3.31. The number of aromatic nitrogens is 3. The minimum absolute atomic E-state index is 0.0998. The topological polar surface area (TPSA) is 100 Å². The van der Waals surface area contributed by atoms with Gasteiger partial charge in [-0.1, -0.05) is 30.9 Å².